The van der Waals surface area contributed by atoms with Gasteiger partial charge in [-0.05, 0) is 61.2 Å². The number of fused-ring (bicyclic) bond motifs is 1. The molecule has 0 saturated carbocycles. The number of carbonyl (C=O) groups excluding carboxylic acids is 1. The fraction of sp³-hybridized carbons (Fsp3) is 0.214. The van der Waals surface area contributed by atoms with E-state index in [1.807, 2.05) is 60.7 Å². The molecule has 0 amide bonds. The van der Waals surface area contributed by atoms with Gasteiger partial charge in [0.25, 0.3) is 0 Å². The maximum atomic E-state index is 13.7. The predicted octanol–water partition coefficient (Wildman–Crippen LogP) is 5.31. The molecule has 1 atom stereocenters. The number of benzene rings is 3. The van der Waals surface area contributed by atoms with Gasteiger partial charge in [0.1, 0.15) is 29.0 Å². The Morgan fingerprint density at radius 1 is 0.917 bits per heavy atom. The van der Waals surface area contributed by atoms with Gasteiger partial charge in [-0.2, -0.15) is 4.31 Å². The van der Waals surface area contributed by atoms with E-state index in [1.54, 1.807) is 30.5 Å². The highest BCUT2D eigenvalue weighted by Crippen LogP contribution is 2.30. The normalized spacial score (nSPS) is 16.5. The van der Waals surface area contributed by atoms with E-state index in [4.69, 9.17) is 9.47 Å². The van der Waals surface area contributed by atoms with Crippen LogP contribution in [0.2, 0.25) is 0 Å². The van der Waals surface area contributed by atoms with Crippen LogP contribution >= 0.6 is 0 Å². The molecule has 0 bridgehead atoms. The SMILES string of the molecule is O=C(OCc1cccc(Oc2ccccc2)c1)C1CCCCN1S(=O)(=O)c1cccc2cccnc12. The summed E-state index contributed by atoms with van der Waals surface area (Å²) in [5.41, 5.74) is 1.15. The van der Waals surface area contributed by atoms with E-state index in [0.29, 0.717) is 29.9 Å². The van der Waals surface area contributed by atoms with E-state index in [2.05, 4.69) is 4.98 Å². The zero-order valence-electron chi connectivity index (χ0n) is 19.6. The van der Waals surface area contributed by atoms with Crippen LogP contribution in [0.3, 0.4) is 0 Å². The van der Waals surface area contributed by atoms with Crippen molar-refractivity contribution in [2.45, 2.75) is 36.8 Å². The van der Waals surface area contributed by atoms with Gasteiger partial charge in [0.05, 0.1) is 5.52 Å². The third-order valence-corrected chi connectivity index (χ3v) is 8.11. The molecule has 8 heteroatoms. The Bertz CT molecular complexity index is 1470. The molecule has 1 aromatic heterocycles. The molecular formula is C28H26N2O5S. The Kier molecular flexibility index (Phi) is 6.97. The summed E-state index contributed by atoms with van der Waals surface area (Å²) in [6, 6.07) is 24.4. The third-order valence-electron chi connectivity index (χ3n) is 6.17. The minimum absolute atomic E-state index is 0.0189. The summed E-state index contributed by atoms with van der Waals surface area (Å²) in [6.45, 7) is 0.275. The van der Waals surface area contributed by atoms with Crippen molar-refractivity contribution >= 4 is 26.9 Å². The Hall–Kier alpha value is -3.75. The number of pyridine rings is 1. The van der Waals surface area contributed by atoms with E-state index in [-0.39, 0.29) is 18.0 Å². The molecule has 0 aliphatic carbocycles. The number of ether oxygens (including phenoxy) is 2. The number of sulfonamides is 1. The summed E-state index contributed by atoms with van der Waals surface area (Å²) in [5, 5.41) is 0.729. The molecule has 1 aliphatic rings. The second-order valence-corrected chi connectivity index (χ2v) is 10.5. The van der Waals surface area contributed by atoms with Crippen LogP contribution in [0.4, 0.5) is 0 Å². The molecule has 7 nitrogen and oxygen atoms in total. The fourth-order valence-electron chi connectivity index (χ4n) is 4.41. The van der Waals surface area contributed by atoms with Gasteiger partial charge in [-0.3, -0.25) is 9.78 Å². The van der Waals surface area contributed by atoms with Crippen LogP contribution in [0.1, 0.15) is 24.8 Å². The predicted molar refractivity (Wildman–Crippen MR) is 136 cm³/mol. The van der Waals surface area contributed by atoms with Gasteiger partial charge in [0.2, 0.25) is 10.0 Å². The lowest BCUT2D eigenvalue weighted by Gasteiger charge is -2.33. The summed E-state index contributed by atoms with van der Waals surface area (Å²) >= 11 is 0. The van der Waals surface area contributed by atoms with Crippen LogP contribution < -0.4 is 4.74 Å². The van der Waals surface area contributed by atoms with E-state index >= 15 is 0 Å². The second kappa shape index (κ2) is 10.5. The monoisotopic (exact) mass is 502 g/mol. The molecule has 5 rings (SSSR count). The van der Waals surface area contributed by atoms with Gasteiger partial charge in [-0.1, -0.05) is 48.5 Å². The molecule has 0 N–H and O–H groups in total. The van der Waals surface area contributed by atoms with Crippen LogP contribution in [0, 0.1) is 0 Å². The zero-order valence-corrected chi connectivity index (χ0v) is 20.4. The summed E-state index contributed by atoms with van der Waals surface area (Å²) in [4.78, 5) is 17.5. The number of carbonyl (C=O) groups is 1. The highest BCUT2D eigenvalue weighted by molar-refractivity contribution is 7.89. The molecule has 0 radical (unpaired) electrons. The van der Waals surface area contributed by atoms with E-state index in [9.17, 15) is 13.2 Å². The van der Waals surface area contributed by atoms with Crippen molar-refractivity contribution in [2.75, 3.05) is 6.54 Å². The van der Waals surface area contributed by atoms with Crippen molar-refractivity contribution in [3.05, 3.63) is 96.7 Å². The number of para-hydroxylation sites is 2. The summed E-state index contributed by atoms with van der Waals surface area (Å²) < 4.78 is 40.1. The first-order valence-corrected chi connectivity index (χ1v) is 13.3. The maximum absolute atomic E-state index is 13.7. The topological polar surface area (TPSA) is 85.8 Å². The molecule has 3 aromatic carbocycles. The van der Waals surface area contributed by atoms with Gasteiger partial charge in [0.15, 0.2) is 0 Å². The van der Waals surface area contributed by atoms with Crippen molar-refractivity contribution < 1.29 is 22.7 Å². The summed E-state index contributed by atoms with van der Waals surface area (Å²) in [5.74, 6) is 0.776. The minimum Gasteiger partial charge on any atom is -0.460 e. The standard InChI is InChI=1S/C28H26N2O5S/c31-28(34-20-21-9-6-14-24(19-21)35-23-12-2-1-3-13-23)25-15-4-5-18-30(25)36(32,33)26-16-7-10-22-11-8-17-29-27(22)26/h1-3,6-14,16-17,19,25H,4-5,15,18,20H2. The van der Waals surface area contributed by atoms with Gasteiger partial charge in [0, 0.05) is 18.1 Å². The Morgan fingerprint density at radius 2 is 1.69 bits per heavy atom. The molecule has 1 saturated heterocycles. The smallest absolute Gasteiger partial charge is 0.324 e. The molecule has 0 spiro atoms. The lowest BCUT2D eigenvalue weighted by molar-refractivity contribution is -0.150. The number of aromatic nitrogens is 1. The number of rotatable bonds is 7. The molecule has 36 heavy (non-hydrogen) atoms. The Morgan fingerprint density at radius 3 is 2.56 bits per heavy atom. The number of hydrogen-bond acceptors (Lipinski definition) is 6. The van der Waals surface area contributed by atoms with E-state index in [1.165, 1.54) is 4.31 Å². The second-order valence-electron chi connectivity index (χ2n) is 8.63. The number of esters is 1. The van der Waals surface area contributed by atoms with Gasteiger partial charge in [-0.25, -0.2) is 8.42 Å². The maximum Gasteiger partial charge on any atom is 0.324 e. The molecule has 1 fully saturated rings. The van der Waals surface area contributed by atoms with Crippen molar-refractivity contribution in [3.8, 4) is 11.5 Å². The molecule has 1 aliphatic heterocycles. The van der Waals surface area contributed by atoms with Crippen molar-refractivity contribution in [1.29, 1.82) is 0 Å². The first-order chi connectivity index (χ1) is 17.5. The zero-order chi connectivity index (χ0) is 25.0. The average molecular weight is 503 g/mol. The Labute approximate surface area is 210 Å². The third kappa shape index (κ3) is 5.10. The average Bonchev–Trinajstić information content (AvgIpc) is 2.92. The largest absolute Gasteiger partial charge is 0.460 e. The van der Waals surface area contributed by atoms with Crippen LogP contribution in [0.15, 0.2) is 96.0 Å². The highest BCUT2D eigenvalue weighted by atomic mass is 32.2. The van der Waals surface area contributed by atoms with Gasteiger partial charge in [-0.15, -0.1) is 0 Å². The molecule has 184 valence electrons. The van der Waals surface area contributed by atoms with E-state index < -0.39 is 22.0 Å². The van der Waals surface area contributed by atoms with Crippen molar-refractivity contribution in [1.82, 2.24) is 9.29 Å². The van der Waals surface area contributed by atoms with Crippen molar-refractivity contribution in [3.63, 3.8) is 0 Å². The number of nitrogens with zero attached hydrogens (tertiary/aromatic N) is 2. The lowest BCUT2D eigenvalue weighted by Crippen LogP contribution is -2.48. The van der Waals surface area contributed by atoms with Crippen LogP contribution in [-0.4, -0.2) is 36.3 Å². The van der Waals surface area contributed by atoms with E-state index in [0.717, 1.165) is 17.4 Å². The summed E-state index contributed by atoms with van der Waals surface area (Å²) in [7, 11) is -3.96. The van der Waals surface area contributed by atoms with Crippen LogP contribution in [-0.2, 0) is 26.2 Å². The fourth-order valence-corrected chi connectivity index (χ4v) is 6.23. The van der Waals surface area contributed by atoms with Crippen molar-refractivity contribution in [2.24, 2.45) is 0 Å². The number of piperidine rings is 1. The lowest BCUT2D eigenvalue weighted by atomic mass is 10.1. The molecule has 2 heterocycles. The van der Waals surface area contributed by atoms with Gasteiger partial charge >= 0.3 is 5.97 Å². The first-order valence-electron chi connectivity index (χ1n) is 11.9. The molecule has 1 unspecified atom stereocenters. The first kappa shape index (κ1) is 24.0. The van der Waals surface area contributed by atoms with Gasteiger partial charge < -0.3 is 9.47 Å². The van der Waals surface area contributed by atoms with Crippen LogP contribution in [0.25, 0.3) is 10.9 Å². The molecular weight excluding hydrogens is 476 g/mol. The Balaban J connectivity index is 1.32. The highest BCUT2D eigenvalue weighted by Gasteiger charge is 2.39. The molecule has 4 aromatic rings. The number of hydrogen-bond donors (Lipinski definition) is 0. The van der Waals surface area contributed by atoms with Crippen LogP contribution in [0.5, 0.6) is 11.5 Å². The summed E-state index contributed by atoms with van der Waals surface area (Å²) in [6.07, 6.45) is 3.41. The minimum atomic E-state index is -3.96. The quantitative estimate of drug-likeness (QED) is 0.318.